The van der Waals surface area contributed by atoms with Gasteiger partial charge in [0.2, 0.25) is 10.9 Å². The van der Waals surface area contributed by atoms with E-state index in [1.54, 1.807) is 24.6 Å². The maximum Gasteiger partial charge on any atom is 0.311 e. The third-order valence-electron chi connectivity index (χ3n) is 3.90. The molecule has 0 saturated heterocycles. The van der Waals surface area contributed by atoms with Gasteiger partial charge in [-0.2, -0.15) is 9.49 Å². The summed E-state index contributed by atoms with van der Waals surface area (Å²) in [7, 11) is 0. The first-order valence-electron chi connectivity index (χ1n) is 9.10. The monoisotopic (exact) mass is 431 g/mol. The van der Waals surface area contributed by atoms with Crippen LogP contribution in [0.25, 0.3) is 0 Å². The average molecular weight is 431 g/mol. The zero-order valence-electron chi connectivity index (χ0n) is 16.1. The van der Waals surface area contributed by atoms with Crippen LogP contribution < -0.4 is 10.2 Å². The van der Waals surface area contributed by atoms with Crippen molar-refractivity contribution in [1.82, 2.24) is 4.98 Å². The molecule has 6 nitrogen and oxygen atoms in total. The maximum absolute atomic E-state index is 13.7. The summed E-state index contributed by atoms with van der Waals surface area (Å²) in [4.78, 5) is 15.8. The predicted octanol–water partition coefficient (Wildman–Crippen LogP) is 4.55. The van der Waals surface area contributed by atoms with Crippen LogP contribution in [0.1, 0.15) is 23.7 Å². The minimum atomic E-state index is -1.02. The largest absolute Gasteiger partial charge is 0.486 e. The Balaban J connectivity index is 1.61. The lowest BCUT2D eigenvalue weighted by molar-refractivity contribution is -0.142. The van der Waals surface area contributed by atoms with Gasteiger partial charge in [0, 0.05) is 10.9 Å². The fourth-order valence-corrected chi connectivity index (χ4v) is 3.16. The Kier molecular flexibility index (Phi) is 7.45. The number of ether oxygens (including phenoxy) is 2. The van der Waals surface area contributed by atoms with E-state index < -0.39 is 11.6 Å². The van der Waals surface area contributed by atoms with Gasteiger partial charge in [-0.05, 0) is 24.6 Å². The summed E-state index contributed by atoms with van der Waals surface area (Å²) in [5.41, 5.74) is 4.89. The zero-order chi connectivity index (χ0) is 21.3. The first kappa shape index (κ1) is 21.4. The van der Waals surface area contributed by atoms with Crippen LogP contribution in [0.4, 0.5) is 13.9 Å². The number of esters is 1. The Hall–Kier alpha value is -3.33. The highest BCUT2D eigenvalue weighted by Crippen LogP contribution is 2.21. The van der Waals surface area contributed by atoms with Gasteiger partial charge in [-0.3, -0.25) is 10.2 Å². The second-order valence-corrected chi connectivity index (χ2v) is 6.89. The minimum absolute atomic E-state index is 0.0451. The molecule has 2 aromatic carbocycles. The molecule has 3 aromatic rings. The van der Waals surface area contributed by atoms with Crippen LogP contribution in [0.5, 0.6) is 5.75 Å². The second-order valence-electron chi connectivity index (χ2n) is 6.04. The molecule has 0 radical (unpaired) electrons. The van der Waals surface area contributed by atoms with Crippen LogP contribution in [-0.2, 0) is 22.6 Å². The molecule has 0 aliphatic rings. The lowest BCUT2D eigenvalue weighted by Crippen LogP contribution is -2.07. The van der Waals surface area contributed by atoms with Gasteiger partial charge in [0.05, 0.1) is 24.9 Å². The van der Waals surface area contributed by atoms with E-state index in [0.717, 1.165) is 17.2 Å². The highest BCUT2D eigenvalue weighted by molar-refractivity contribution is 7.13. The number of carbonyl (C=O) groups is 1. The Morgan fingerprint density at radius 3 is 2.90 bits per heavy atom. The van der Waals surface area contributed by atoms with E-state index in [9.17, 15) is 13.6 Å². The quantitative estimate of drug-likeness (QED) is 0.306. The molecule has 0 saturated carbocycles. The molecule has 3 rings (SSSR count). The number of halogens is 2. The highest BCUT2D eigenvalue weighted by Gasteiger charge is 2.10. The summed E-state index contributed by atoms with van der Waals surface area (Å²) in [6.45, 7) is 2.12. The van der Waals surface area contributed by atoms with Crippen molar-refractivity contribution in [2.45, 2.75) is 20.0 Å². The molecule has 1 N–H and O–H groups in total. The summed E-state index contributed by atoms with van der Waals surface area (Å²) < 4.78 is 37.4. The molecular formula is C21H19F2N3O3S. The van der Waals surface area contributed by atoms with Crippen LogP contribution in [0.2, 0.25) is 0 Å². The number of carbonyl (C=O) groups excluding carboxylic acids is 1. The van der Waals surface area contributed by atoms with Gasteiger partial charge in [-0.15, -0.1) is 11.3 Å². The number of aromatic nitrogens is 1. The fraction of sp³-hybridized carbons (Fsp3) is 0.190. The van der Waals surface area contributed by atoms with Gasteiger partial charge in [0.15, 0.2) is 11.6 Å². The normalized spacial score (nSPS) is 10.9. The highest BCUT2D eigenvalue weighted by atomic mass is 32.1. The molecule has 0 aliphatic heterocycles. The maximum atomic E-state index is 13.7. The van der Waals surface area contributed by atoms with E-state index in [0.29, 0.717) is 17.4 Å². The molecule has 0 spiro atoms. The van der Waals surface area contributed by atoms with E-state index >= 15 is 0 Å². The number of nitrogens with one attached hydrogen (secondary N) is 1. The molecule has 0 unspecified atom stereocenters. The lowest BCUT2D eigenvalue weighted by Gasteiger charge is -2.09. The molecule has 156 valence electrons. The van der Waals surface area contributed by atoms with Gasteiger partial charge < -0.3 is 9.47 Å². The van der Waals surface area contributed by atoms with E-state index in [1.807, 2.05) is 18.2 Å². The Bertz CT molecular complexity index is 1040. The fourth-order valence-electron chi connectivity index (χ4n) is 2.50. The van der Waals surface area contributed by atoms with Crippen molar-refractivity contribution in [2.75, 3.05) is 12.0 Å². The van der Waals surface area contributed by atoms with Gasteiger partial charge >= 0.3 is 5.97 Å². The van der Waals surface area contributed by atoms with Gasteiger partial charge in [0.1, 0.15) is 6.61 Å². The topological polar surface area (TPSA) is 72.8 Å². The van der Waals surface area contributed by atoms with Crippen LogP contribution in [0, 0.1) is 11.6 Å². The van der Waals surface area contributed by atoms with Crippen LogP contribution in [0.3, 0.4) is 0 Å². The van der Waals surface area contributed by atoms with Crippen molar-refractivity contribution >= 4 is 28.7 Å². The molecule has 0 amide bonds. The third-order valence-corrected chi connectivity index (χ3v) is 4.70. The number of hydrazone groups is 1. The van der Waals surface area contributed by atoms with Crippen molar-refractivity contribution in [2.24, 2.45) is 5.10 Å². The number of nitrogens with zero attached hydrogens (tertiary/aromatic N) is 2. The van der Waals surface area contributed by atoms with Crippen molar-refractivity contribution in [3.05, 3.63) is 76.3 Å². The second kappa shape index (κ2) is 10.4. The molecule has 30 heavy (non-hydrogen) atoms. The van der Waals surface area contributed by atoms with Crippen molar-refractivity contribution in [3.63, 3.8) is 0 Å². The third kappa shape index (κ3) is 5.84. The Morgan fingerprint density at radius 1 is 1.23 bits per heavy atom. The number of anilines is 1. The summed E-state index contributed by atoms with van der Waals surface area (Å²) in [6, 6.07) is 11.1. The zero-order valence-corrected chi connectivity index (χ0v) is 16.9. The smallest absolute Gasteiger partial charge is 0.311 e. The van der Waals surface area contributed by atoms with Crippen LogP contribution >= 0.6 is 11.3 Å². The standard InChI is InChI=1S/C21H19F2N3O3S/c1-2-28-19(27)10-16-13-30-21(25-16)26-24-11-14-6-3-4-7-15(14)12-29-18-9-5-8-17(22)20(18)23/h3-9,11,13H,2,10,12H2,1H3,(H,25,26). The number of hydrogen-bond acceptors (Lipinski definition) is 7. The summed E-state index contributed by atoms with van der Waals surface area (Å²) in [5, 5.41) is 6.44. The van der Waals surface area contributed by atoms with E-state index in [-0.39, 0.29) is 24.7 Å². The lowest BCUT2D eigenvalue weighted by atomic mass is 10.1. The molecule has 0 aliphatic carbocycles. The molecule has 0 bridgehead atoms. The van der Waals surface area contributed by atoms with E-state index in [1.165, 1.54) is 23.5 Å². The number of thiazole rings is 1. The molecule has 1 heterocycles. The summed E-state index contributed by atoms with van der Waals surface area (Å²) in [6.07, 6.45) is 1.68. The van der Waals surface area contributed by atoms with Gasteiger partial charge in [0.25, 0.3) is 0 Å². The van der Waals surface area contributed by atoms with Crippen LogP contribution in [-0.4, -0.2) is 23.8 Å². The number of hydrogen-bond donors (Lipinski definition) is 1. The average Bonchev–Trinajstić information content (AvgIpc) is 3.17. The first-order valence-corrected chi connectivity index (χ1v) is 9.98. The van der Waals surface area contributed by atoms with E-state index in [4.69, 9.17) is 9.47 Å². The minimum Gasteiger partial charge on any atom is -0.486 e. The van der Waals surface area contributed by atoms with Crippen LogP contribution in [0.15, 0.2) is 52.9 Å². The summed E-state index contributed by atoms with van der Waals surface area (Å²) in [5.74, 6) is -2.47. The number of rotatable bonds is 9. The number of benzene rings is 2. The Morgan fingerprint density at radius 2 is 2.07 bits per heavy atom. The van der Waals surface area contributed by atoms with Gasteiger partial charge in [-0.1, -0.05) is 30.3 Å². The molecule has 0 atom stereocenters. The Labute approximate surface area is 176 Å². The molecule has 9 heteroatoms. The first-order chi connectivity index (χ1) is 14.6. The van der Waals surface area contributed by atoms with E-state index in [2.05, 4.69) is 15.5 Å². The van der Waals surface area contributed by atoms with Gasteiger partial charge in [-0.25, -0.2) is 9.37 Å². The summed E-state index contributed by atoms with van der Waals surface area (Å²) >= 11 is 1.31. The predicted molar refractivity (Wildman–Crippen MR) is 111 cm³/mol. The van der Waals surface area contributed by atoms with Crippen molar-refractivity contribution < 1.29 is 23.0 Å². The SMILES string of the molecule is CCOC(=O)Cc1csc(NN=Cc2ccccc2COc2cccc(F)c2F)n1. The van der Waals surface area contributed by atoms with Crippen molar-refractivity contribution in [1.29, 1.82) is 0 Å². The molecular weight excluding hydrogens is 412 g/mol. The van der Waals surface area contributed by atoms with Crippen molar-refractivity contribution in [3.8, 4) is 5.75 Å². The molecule has 1 aromatic heterocycles. The molecule has 0 fully saturated rings.